The predicted molar refractivity (Wildman–Crippen MR) is 96.5 cm³/mol. The minimum atomic E-state index is -0.597. The van der Waals surface area contributed by atoms with Crippen molar-refractivity contribution in [1.29, 1.82) is 0 Å². The lowest BCUT2D eigenvalue weighted by Crippen LogP contribution is -2.43. The number of nitrogens with zero attached hydrogens (tertiary/aromatic N) is 2. The Bertz CT molecular complexity index is 729. The summed E-state index contributed by atoms with van der Waals surface area (Å²) in [6.45, 7) is 3.81. The number of hydrogen-bond acceptors (Lipinski definition) is 6. The molecule has 1 aromatic carbocycles. The highest BCUT2D eigenvalue weighted by Crippen LogP contribution is 2.34. The molecule has 0 bridgehead atoms. The third-order valence-corrected chi connectivity index (χ3v) is 4.79. The fourth-order valence-electron chi connectivity index (χ4n) is 3.26. The largest absolute Gasteiger partial charge is 0.495 e. The molecule has 0 saturated carbocycles. The fourth-order valence-corrected chi connectivity index (χ4v) is 3.26. The maximum Gasteiger partial charge on any atom is 0.311 e. The van der Waals surface area contributed by atoms with E-state index in [1.54, 1.807) is 15.9 Å². The second-order valence-electron chi connectivity index (χ2n) is 6.68. The van der Waals surface area contributed by atoms with Crippen molar-refractivity contribution in [2.45, 2.75) is 13.3 Å². The predicted octanol–water partition coefficient (Wildman–Crippen LogP) is 0.759. The minimum Gasteiger partial charge on any atom is -0.495 e. The average molecular weight is 376 g/mol. The molecular weight excluding hydrogens is 352 g/mol. The maximum atomic E-state index is 12.4. The van der Waals surface area contributed by atoms with Crippen LogP contribution in [0.3, 0.4) is 0 Å². The van der Waals surface area contributed by atoms with Crippen LogP contribution in [0.15, 0.2) is 18.2 Å². The van der Waals surface area contributed by atoms with Gasteiger partial charge in [0.25, 0.3) is 5.91 Å². The molecule has 8 heteroatoms. The Labute approximate surface area is 158 Å². The molecule has 0 aromatic heterocycles. The Morgan fingerprint density at radius 1 is 1.26 bits per heavy atom. The molecule has 2 aliphatic rings. The first kappa shape index (κ1) is 19.2. The summed E-state index contributed by atoms with van der Waals surface area (Å²) in [6.07, 6.45) is 0.0572. The topological polar surface area (TPSA) is 85.4 Å². The summed E-state index contributed by atoms with van der Waals surface area (Å²) in [5.41, 5.74) is 1.63. The van der Waals surface area contributed by atoms with Crippen molar-refractivity contribution >= 4 is 23.5 Å². The Morgan fingerprint density at radius 2 is 2.00 bits per heavy atom. The number of rotatable bonds is 5. The first-order chi connectivity index (χ1) is 13.0. The van der Waals surface area contributed by atoms with Crippen LogP contribution in [0.4, 0.5) is 5.69 Å². The molecule has 0 spiro atoms. The monoisotopic (exact) mass is 376 g/mol. The number of anilines is 1. The van der Waals surface area contributed by atoms with Crippen LogP contribution in [0.2, 0.25) is 0 Å². The molecule has 1 atom stereocenters. The molecule has 2 aliphatic heterocycles. The third kappa shape index (κ3) is 4.39. The van der Waals surface area contributed by atoms with Crippen LogP contribution in [0, 0.1) is 12.8 Å². The number of carbonyl (C=O) groups excluding carboxylic acids is 3. The maximum absolute atomic E-state index is 12.4. The van der Waals surface area contributed by atoms with Gasteiger partial charge in [-0.3, -0.25) is 14.4 Å². The first-order valence-corrected chi connectivity index (χ1v) is 8.96. The van der Waals surface area contributed by atoms with Gasteiger partial charge < -0.3 is 24.0 Å². The summed E-state index contributed by atoms with van der Waals surface area (Å²) in [4.78, 5) is 40.0. The van der Waals surface area contributed by atoms with Crippen LogP contribution in [-0.2, 0) is 23.9 Å². The van der Waals surface area contributed by atoms with E-state index in [1.165, 1.54) is 7.11 Å². The molecule has 146 valence electrons. The van der Waals surface area contributed by atoms with Crippen LogP contribution < -0.4 is 9.64 Å². The fraction of sp³-hybridized carbons (Fsp3) is 0.526. The van der Waals surface area contributed by atoms with Gasteiger partial charge in [0.2, 0.25) is 5.91 Å². The SMILES string of the molecule is COc1ccc(C)cc1N1C[C@H](C(=O)OCC(=O)N2CCOCC2)CC1=O. The van der Waals surface area contributed by atoms with Crippen molar-refractivity contribution in [1.82, 2.24) is 4.90 Å². The van der Waals surface area contributed by atoms with Crippen LogP contribution in [0.1, 0.15) is 12.0 Å². The zero-order valence-corrected chi connectivity index (χ0v) is 15.6. The number of ether oxygens (including phenoxy) is 3. The lowest BCUT2D eigenvalue weighted by Gasteiger charge is -2.26. The van der Waals surface area contributed by atoms with Crippen LogP contribution >= 0.6 is 0 Å². The molecule has 0 radical (unpaired) electrons. The molecule has 2 heterocycles. The molecule has 1 aromatic rings. The van der Waals surface area contributed by atoms with E-state index in [0.29, 0.717) is 37.7 Å². The molecule has 0 aliphatic carbocycles. The normalized spacial score (nSPS) is 19.9. The summed E-state index contributed by atoms with van der Waals surface area (Å²) in [5, 5.41) is 0. The van der Waals surface area contributed by atoms with Crippen molar-refractivity contribution in [3.05, 3.63) is 23.8 Å². The van der Waals surface area contributed by atoms with E-state index in [0.717, 1.165) is 5.56 Å². The Hall–Kier alpha value is -2.61. The van der Waals surface area contributed by atoms with Gasteiger partial charge >= 0.3 is 5.97 Å². The van der Waals surface area contributed by atoms with Crippen molar-refractivity contribution in [2.24, 2.45) is 5.92 Å². The summed E-state index contributed by atoms with van der Waals surface area (Å²) in [6, 6.07) is 5.54. The number of carbonyl (C=O) groups is 3. The number of hydrogen-bond donors (Lipinski definition) is 0. The molecule has 8 nitrogen and oxygen atoms in total. The van der Waals surface area contributed by atoms with E-state index >= 15 is 0 Å². The number of esters is 1. The zero-order valence-electron chi connectivity index (χ0n) is 15.6. The minimum absolute atomic E-state index is 0.0572. The van der Waals surface area contributed by atoms with Crippen molar-refractivity contribution in [2.75, 3.05) is 51.5 Å². The highest BCUT2D eigenvalue weighted by Gasteiger charge is 2.37. The standard InChI is InChI=1S/C19H24N2O6/c1-13-3-4-16(25-2)15(9-13)21-11-14(10-17(21)22)19(24)27-12-18(23)20-5-7-26-8-6-20/h3-4,9,14H,5-8,10-12H2,1-2H3/t14-/m1/s1. The van der Waals surface area contributed by atoms with Crippen molar-refractivity contribution in [3.8, 4) is 5.75 Å². The highest BCUT2D eigenvalue weighted by atomic mass is 16.5. The van der Waals surface area contributed by atoms with Crippen molar-refractivity contribution < 1.29 is 28.6 Å². The number of amides is 2. The summed E-state index contributed by atoms with van der Waals surface area (Å²) in [5.74, 6) is -0.960. The van der Waals surface area contributed by atoms with Gasteiger partial charge in [-0.1, -0.05) is 6.07 Å². The van der Waals surface area contributed by atoms with Gasteiger partial charge in [0.15, 0.2) is 6.61 Å². The van der Waals surface area contributed by atoms with Gasteiger partial charge in [0, 0.05) is 26.1 Å². The Kier molecular flexibility index (Phi) is 5.95. The van der Waals surface area contributed by atoms with Gasteiger partial charge in [-0.2, -0.15) is 0 Å². The van der Waals surface area contributed by atoms with E-state index in [4.69, 9.17) is 14.2 Å². The summed E-state index contributed by atoms with van der Waals surface area (Å²) < 4.78 is 15.7. The van der Waals surface area contributed by atoms with E-state index in [-0.39, 0.29) is 31.4 Å². The van der Waals surface area contributed by atoms with E-state index in [2.05, 4.69) is 0 Å². The summed E-state index contributed by atoms with van der Waals surface area (Å²) in [7, 11) is 1.54. The molecule has 0 unspecified atom stereocenters. The molecule has 2 amide bonds. The van der Waals surface area contributed by atoms with Crippen LogP contribution in [0.25, 0.3) is 0 Å². The molecule has 0 N–H and O–H groups in total. The van der Waals surface area contributed by atoms with Crippen LogP contribution in [0.5, 0.6) is 5.75 Å². The zero-order chi connectivity index (χ0) is 19.4. The van der Waals surface area contributed by atoms with Gasteiger partial charge in [-0.05, 0) is 24.6 Å². The Balaban J connectivity index is 1.59. The van der Waals surface area contributed by atoms with Crippen molar-refractivity contribution in [3.63, 3.8) is 0 Å². The smallest absolute Gasteiger partial charge is 0.311 e. The molecule has 27 heavy (non-hydrogen) atoms. The van der Waals surface area contributed by atoms with E-state index in [1.807, 2.05) is 19.1 Å². The second-order valence-corrected chi connectivity index (χ2v) is 6.68. The van der Waals surface area contributed by atoms with Crippen LogP contribution in [-0.4, -0.2) is 69.2 Å². The van der Waals surface area contributed by atoms with Gasteiger partial charge in [-0.25, -0.2) is 0 Å². The van der Waals surface area contributed by atoms with Gasteiger partial charge in [-0.15, -0.1) is 0 Å². The average Bonchev–Trinajstić information content (AvgIpc) is 3.08. The van der Waals surface area contributed by atoms with Gasteiger partial charge in [0.05, 0.1) is 31.9 Å². The molecular formula is C19H24N2O6. The second kappa shape index (κ2) is 8.39. The molecule has 3 rings (SSSR count). The number of benzene rings is 1. The lowest BCUT2D eigenvalue weighted by atomic mass is 10.1. The first-order valence-electron chi connectivity index (χ1n) is 8.96. The van der Waals surface area contributed by atoms with E-state index < -0.39 is 11.9 Å². The third-order valence-electron chi connectivity index (χ3n) is 4.79. The summed E-state index contributed by atoms with van der Waals surface area (Å²) >= 11 is 0. The quantitative estimate of drug-likeness (QED) is 0.706. The highest BCUT2D eigenvalue weighted by molar-refractivity contribution is 6.00. The Morgan fingerprint density at radius 3 is 2.70 bits per heavy atom. The van der Waals surface area contributed by atoms with Gasteiger partial charge in [0.1, 0.15) is 5.75 Å². The molecule has 2 fully saturated rings. The lowest BCUT2D eigenvalue weighted by molar-refractivity contribution is -0.156. The number of morpholine rings is 1. The number of aryl methyl sites for hydroxylation is 1. The molecule has 2 saturated heterocycles. The number of methoxy groups -OCH3 is 1. The van der Waals surface area contributed by atoms with E-state index in [9.17, 15) is 14.4 Å².